The highest BCUT2D eigenvalue weighted by Crippen LogP contribution is 2.24. The van der Waals surface area contributed by atoms with Crippen LogP contribution in [0.4, 0.5) is 5.69 Å². The Morgan fingerprint density at radius 2 is 1.69 bits per heavy atom. The van der Waals surface area contributed by atoms with Gasteiger partial charge in [0.1, 0.15) is 0 Å². The molecule has 0 unspecified atom stereocenters. The van der Waals surface area contributed by atoms with E-state index in [1.165, 1.54) is 18.4 Å². The zero-order valence-corrected chi connectivity index (χ0v) is 16.9. The number of para-hydroxylation sites is 2. The summed E-state index contributed by atoms with van der Waals surface area (Å²) in [4.78, 5) is 28.1. The molecule has 0 saturated carbocycles. The molecule has 4 aromatic rings. The number of fused-ring (bicyclic) bond motifs is 1. The molecular weight excluding hydrogens is 404 g/mol. The molecule has 1 aromatic heterocycles. The number of benzene rings is 3. The van der Waals surface area contributed by atoms with Gasteiger partial charge < -0.3 is 0 Å². The van der Waals surface area contributed by atoms with Gasteiger partial charge in [0.15, 0.2) is 0 Å². The van der Waals surface area contributed by atoms with Crippen molar-refractivity contribution in [2.45, 2.75) is 0 Å². The van der Waals surface area contributed by atoms with E-state index in [0.717, 1.165) is 10.9 Å². The van der Waals surface area contributed by atoms with E-state index in [-0.39, 0.29) is 11.6 Å². The molecule has 4 rings (SSSR count). The molecule has 7 heteroatoms. The lowest BCUT2D eigenvalue weighted by Gasteiger charge is -2.08. The van der Waals surface area contributed by atoms with E-state index in [1.54, 1.807) is 30.3 Å². The van der Waals surface area contributed by atoms with E-state index < -0.39 is 4.92 Å². The first kappa shape index (κ1) is 20.6. The van der Waals surface area contributed by atoms with Crippen LogP contribution < -0.4 is 5.43 Å². The minimum absolute atomic E-state index is 0.00196. The summed E-state index contributed by atoms with van der Waals surface area (Å²) in [6.07, 6.45) is 4.46. The molecule has 0 spiro atoms. The number of allylic oxidation sites excluding steroid dienone is 1. The molecule has 0 bridgehead atoms. The van der Waals surface area contributed by atoms with E-state index in [0.29, 0.717) is 22.3 Å². The topological polar surface area (TPSA) is 97.5 Å². The van der Waals surface area contributed by atoms with Crippen molar-refractivity contribution in [2.24, 2.45) is 5.10 Å². The van der Waals surface area contributed by atoms with Crippen molar-refractivity contribution in [1.29, 1.82) is 0 Å². The second kappa shape index (κ2) is 9.44. The molecule has 1 N–H and O–H groups in total. The van der Waals surface area contributed by atoms with Crippen LogP contribution in [0.2, 0.25) is 0 Å². The number of carbonyl (C=O) groups is 1. The third-order valence-electron chi connectivity index (χ3n) is 4.77. The molecule has 1 heterocycles. The van der Waals surface area contributed by atoms with Gasteiger partial charge in [0, 0.05) is 23.2 Å². The zero-order valence-electron chi connectivity index (χ0n) is 16.9. The fourth-order valence-corrected chi connectivity index (χ4v) is 3.26. The molecule has 0 aliphatic carbocycles. The standard InChI is InChI=1S/C25H18N4O3/c30-25(28-26-16-8-12-19-11-4-7-15-24(19)29(31)32)21-17-23(18-9-2-1-3-10-18)27-22-14-6-5-13-20(21)22/h1-17H,(H,28,30)/b12-8+,26-16+. The lowest BCUT2D eigenvalue weighted by molar-refractivity contribution is -0.385. The maximum absolute atomic E-state index is 12.9. The number of carbonyl (C=O) groups excluding carboxylic acids is 1. The van der Waals surface area contributed by atoms with E-state index >= 15 is 0 Å². The number of rotatable bonds is 6. The Balaban J connectivity index is 1.56. The highest BCUT2D eigenvalue weighted by atomic mass is 16.6. The molecule has 0 aliphatic rings. The summed E-state index contributed by atoms with van der Waals surface area (Å²) >= 11 is 0. The Labute approximate surface area is 183 Å². The smallest absolute Gasteiger partial charge is 0.267 e. The highest BCUT2D eigenvalue weighted by molar-refractivity contribution is 6.07. The summed E-state index contributed by atoms with van der Waals surface area (Å²) in [6.45, 7) is 0. The van der Waals surface area contributed by atoms with Crippen molar-refractivity contribution >= 4 is 34.8 Å². The van der Waals surface area contributed by atoms with Crippen molar-refractivity contribution in [3.8, 4) is 11.3 Å². The molecule has 0 saturated heterocycles. The second-order valence-corrected chi connectivity index (χ2v) is 6.83. The number of nitrogens with zero attached hydrogens (tertiary/aromatic N) is 3. The van der Waals surface area contributed by atoms with Crippen molar-refractivity contribution in [3.05, 3.63) is 112 Å². The van der Waals surface area contributed by atoms with Gasteiger partial charge in [-0.3, -0.25) is 14.9 Å². The number of nitrogens with one attached hydrogen (secondary N) is 1. The second-order valence-electron chi connectivity index (χ2n) is 6.83. The van der Waals surface area contributed by atoms with Crippen LogP contribution in [-0.2, 0) is 0 Å². The fraction of sp³-hybridized carbons (Fsp3) is 0. The van der Waals surface area contributed by atoms with Crippen LogP contribution in [-0.4, -0.2) is 22.0 Å². The molecule has 0 atom stereocenters. The first-order valence-corrected chi connectivity index (χ1v) is 9.82. The summed E-state index contributed by atoms with van der Waals surface area (Å²) in [6, 6.07) is 25.2. The number of hydrogen-bond donors (Lipinski definition) is 1. The number of nitro groups is 1. The predicted molar refractivity (Wildman–Crippen MR) is 125 cm³/mol. The quantitative estimate of drug-likeness (QED) is 0.261. The van der Waals surface area contributed by atoms with Gasteiger partial charge in [0.25, 0.3) is 11.6 Å². The van der Waals surface area contributed by atoms with Crippen LogP contribution in [0.1, 0.15) is 15.9 Å². The fourth-order valence-electron chi connectivity index (χ4n) is 3.26. The Kier molecular flexibility index (Phi) is 6.08. The molecule has 3 aromatic carbocycles. The van der Waals surface area contributed by atoms with Crippen molar-refractivity contribution in [2.75, 3.05) is 0 Å². The Bertz CT molecular complexity index is 1350. The van der Waals surface area contributed by atoms with Crippen LogP contribution in [0, 0.1) is 10.1 Å². The van der Waals surface area contributed by atoms with Gasteiger partial charge in [0.2, 0.25) is 0 Å². The molecule has 156 valence electrons. The largest absolute Gasteiger partial charge is 0.276 e. The molecule has 7 nitrogen and oxygen atoms in total. The SMILES string of the molecule is O=C(N/N=C/C=C/c1ccccc1[N+](=O)[O-])c1cc(-c2ccccc2)nc2ccccc12. The monoisotopic (exact) mass is 422 g/mol. The number of amides is 1. The molecule has 32 heavy (non-hydrogen) atoms. The van der Waals surface area contributed by atoms with E-state index in [9.17, 15) is 14.9 Å². The first-order chi connectivity index (χ1) is 15.6. The molecule has 0 radical (unpaired) electrons. The summed E-state index contributed by atoms with van der Waals surface area (Å²) in [5, 5.41) is 15.7. The summed E-state index contributed by atoms with van der Waals surface area (Å²) in [5.41, 5.74) is 5.71. The average Bonchev–Trinajstić information content (AvgIpc) is 2.83. The zero-order chi connectivity index (χ0) is 22.3. The molecule has 0 fully saturated rings. The van der Waals surface area contributed by atoms with E-state index in [1.807, 2.05) is 54.6 Å². The Morgan fingerprint density at radius 1 is 0.969 bits per heavy atom. The number of hydrazone groups is 1. The lowest BCUT2D eigenvalue weighted by atomic mass is 10.0. The van der Waals surface area contributed by atoms with Crippen LogP contribution in [0.25, 0.3) is 28.2 Å². The van der Waals surface area contributed by atoms with Gasteiger partial charge in [0.05, 0.1) is 27.3 Å². The summed E-state index contributed by atoms with van der Waals surface area (Å²) < 4.78 is 0. The van der Waals surface area contributed by atoms with Gasteiger partial charge in [-0.1, -0.05) is 60.7 Å². The van der Waals surface area contributed by atoms with Gasteiger partial charge >= 0.3 is 0 Å². The third-order valence-corrected chi connectivity index (χ3v) is 4.77. The first-order valence-electron chi connectivity index (χ1n) is 9.82. The molecule has 1 amide bonds. The lowest BCUT2D eigenvalue weighted by Crippen LogP contribution is -2.18. The van der Waals surface area contributed by atoms with Crippen molar-refractivity contribution in [3.63, 3.8) is 0 Å². The van der Waals surface area contributed by atoms with Crippen LogP contribution in [0.5, 0.6) is 0 Å². The normalized spacial score (nSPS) is 11.2. The summed E-state index contributed by atoms with van der Waals surface area (Å²) in [5.74, 6) is -0.379. The molecule has 0 aliphatic heterocycles. The number of pyridine rings is 1. The number of hydrogen-bond acceptors (Lipinski definition) is 5. The van der Waals surface area contributed by atoms with Gasteiger partial charge in [-0.2, -0.15) is 5.10 Å². The van der Waals surface area contributed by atoms with E-state index in [4.69, 9.17) is 0 Å². The minimum atomic E-state index is -0.447. The number of nitro benzene ring substituents is 1. The molecular formula is C25H18N4O3. The van der Waals surface area contributed by atoms with Crippen LogP contribution in [0.15, 0.2) is 96.1 Å². The maximum Gasteiger partial charge on any atom is 0.276 e. The number of aromatic nitrogens is 1. The Hall–Kier alpha value is -4.65. The van der Waals surface area contributed by atoms with Crippen LogP contribution >= 0.6 is 0 Å². The van der Waals surface area contributed by atoms with Gasteiger partial charge in [-0.25, -0.2) is 10.4 Å². The highest BCUT2D eigenvalue weighted by Gasteiger charge is 2.13. The third kappa shape index (κ3) is 4.57. The average molecular weight is 422 g/mol. The van der Waals surface area contributed by atoms with Crippen LogP contribution in [0.3, 0.4) is 0 Å². The van der Waals surface area contributed by atoms with Crippen molar-refractivity contribution in [1.82, 2.24) is 10.4 Å². The summed E-state index contributed by atoms with van der Waals surface area (Å²) in [7, 11) is 0. The predicted octanol–water partition coefficient (Wildman–Crippen LogP) is 5.24. The van der Waals surface area contributed by atoms with Gasteiger partial charge in [-0.15, -0.1) is 0 Å². The van der Waals surface area contributed by atoms with Gasteiger partial charge in [-0.05, 0) is 30.4 Å². The minimum Gasteiger partial charge on any atom is -0.267 e. The van der Waals surface area contributed by atoms with E-state index in [2.05, 4.69) is 15.5 Å². The van der Waals surface area contributed by atoms with Crippen molar-refractivity contribution < 1.29 is 9.72 Å². The maximum atomic E-state index is 12.9. The Morgan fingerprint density at radius 3 is 2.50 bits per heavy atom.